The number of hydrogen-bond acceptors (Lipinski definition) is 4. The van der Waals surface area contributed by atoms with E-state index in [9.17, 15) is 4.79 Å². The molecular formula is C21H25N4O2+. The van der Waals surface area contributed by atoms with Gasteiger partial charge in [0.2, 0.25) is 0 Å². The van der Waals surface area contributed by atoms with Gasteiger partial charge in [0.15, 0.2) is 6.04 Å². The zero-order chi connectivity index (χ0) is 19.2. The summed E-state index contributed by atoms with van der Waals surface area (Å²) in [6, 6.07) is 17.1. The number of hydrogen-bond donors (Lipinski definition) is 2. The first-order chi connectivity index (χ1) is 13.1. The van der Waals surface area contributed by atoms with E-state index in [-0.39, 0.29) is 11.9 Å². The van der Waals surface area contributed by atoms with Crippen molar-refractivity contribution in [3.63, 3.8) is 0 Å². The number of benzene rings is 2. The van der Waals surface area contributed by atoms with Crippen molar-refractivity contribution < 1.29 is 14.4 Å². The first kappa shape index (κ1) is 18.7. The van der Waals surface area contributed by atoms with E-state index in [1.165, 1.54) is 10.6 Å². The maximum Gasteiger partial charge on any atom is 0.282 e. The van der Waals surface area contributed by atoms with Gasteiger partial charge in [-0.15, -0.1) is 0 Å². The van der Waals surface area contributed by atoms with Crippen molar-refractivity contribution in [2.24, 2.45) is 0 Å². The Bertz CT molecular complexity index is 821. The molecule has 3 rings (SSSR count). The molecule has 0 spiro atoms. The highest BCUT2D eigenvalue weighted by Gasteiger charge is 2.29. The Morgan fingerprint density at radius 1 is 1.19 bits per heavy atom. The van der Waals surface area contributed by atoms with Crippen LogP contribution in [0.15, 0.2) is 48.5 Å². The normalized spacial score (nSPS) is 15.7. The van der Waals surface area contributed by atoms with Crippen molar-refractivity contribution in [2.75, 3.05) is 43.5 Å². The molecule has 1 heterocycles. The van der Waals surface area contributed by atoms with Crippen molar-refractivity contribution in [2.45, 2.75) is 13.0 Å². The quantitative estimate of drug-likeness (QED) is 0.838. The van der Waals surface area contributed by atoms with Gasteiger partial charge in [0.1, 0.15) is 11.8 Å². The number of piperazine rings is 1. The number of anilines is 2. The Morgan fingerprint density at radius 3 is 2.48 bits per heavy atom. The van der Waals surface area contributed by atoms with Crippen molar-refractivity contribution in [3.05, 3.63) is 54.1 Å². The number of amides is 1. The van der Waals surface area contributed by atoms with Crippen LogP contribution in [0.25, 0.3) is 0 Å². The van der Waals surface area contributed by atoms with E-state index in [0.717, 1.165) is 31.9 Å². The van der Waals surface area contributed by atoms with Gasteiger partial charge in [0.25, 0.3) is 5.91 Å². The maximum atomic E-state index is 12.6. The lowest BCUT2D eigenvalue weighted by molar-refractivity contribution is -0.914. The smallest absolute Gasteiger partial charge is 0.282 e. The lowest BCUT2D eigenvalue weighted by Gasteiger charge is -2.36. The van der Waals surface area contributed by atoms with Crippen LogP contribution in [0.2, 0.25) is 0 Å². The Hall–Kier alpha value is -3.04. The van der Waals surface area contributed by atoms with E-state index >= 15 is 0 Å². The summed E-state index contributed by atoms with van der Waals surface area (Å²) in [6.45, 7) is 5.52. The molecule has 1 amide bonds. The van der Waals surface area contributed by atoms with Gasteiger partial charge < -0.3 is 19.9 Å². The molecule has 0 unspecified atom stereocenters. The third-order valence-electron chi connectivity index (χ3n) is 5.15. The number of carbonyl (C=O) groups excluding carboxylic acids is 1. The average molecular weight is 365 g/mol. The molecule has 2 aromatic rings. The third-order valence-corrected chi connectivity index (χ3v) is 5.15. The average Bonchev–Trinajstić information content (AvgIpc) is 2.73. The molecule has 1 fully saturated rings. The van der Waals surface area contributed by atoms with Crippen LogP contribution in [0, 0.1) is 11.3 Å². The van der Waals surface area contributed by atoms with E-state index in [1.54, 1.807) is 25.3 Å². The predicted octanol–water partition coefficient (Wildman–Crippen LogP) is 1.30. The molecule has 1 saturated heterocycles. The Labute approximate surface area is 160 Å². The van der Waals surface area contributed by atoms with Crippen LogP contribution in [0.1, 0.15) is 12.5 Å². The summed E-state index contributed by atoms with van der Waals surface area (Å²) in [5.41, 5.74) is 2.24. The summed E-state index contributed by atoms with van der Waals surface area (Å²) in [6.07, 6.45) is 0. The number of para-hydroxylation sites is 1. The molecule has 0 aliphatic carbocycles. The van der Waals surface area contributed by atoms with Gasteiger partial charge in [0, 0.05) is 5.69 Å². The summed E-state index contributed by atoms with van der Waals surface area (Å²) in [5, 5.41) is 12.1. The van der Waals surface area contributed by atoms with Crippen LogP contribution >= 0.6 is 0 Å². The number of carbonyl (C=O) groups is 1. The van der Waals surface area contributed by atoms with Gasteiger partial charge in [-0.3, -0.25) is 4.79 Å². The molecular weight excluding hydrogens is 340 g/mol. The predicted molar refractivity (Wildman–Crippen MR) is 105 cm³/mol. The van der Waals surface area contributed by atoms with Crippen LogP contribution in [-0.2, 0) is 4.79 Å². The van der Waals surface area contributed by atoms with Crippen molar-refractivity contribution in [3.8, 4) is 11.8 Å². The second-order valence-corrected chi connectivity index (χ2v) is 6.71. The SMILES string of the molecule is COc1ccc(N2CC[NH+]([C@@H](C)C(=O)Nc3ccccc3C#N)CC2)cc1. The fourth-order valence-electron chi connectivity index (χ4n) is 3.39. The fraction of sp³-hybridized carbons (Fsp3) is 0.333. The van der Waals surface area contributed by atoms with E-state index in [0.29, 0.717) is 11.3 Å². The van der Waals surface area contributed by atoms with Gasteiger partial charge >= 0.3 is 0 Å². The number of nitrogens with one attached hydrogen (secondary N) is 2. The standard InChI is InChI=1S/C21H24N4O2/c1-16(21(26)23-20-6-4-3-5-17(20)15-22)24-11-13-25(14-12-24)18-7-9-19(27-2)10-8-18/h3-10,16H,11-14H2,1-2H3,(H,23,26)/p+1/t16-/m0/s1. The second-order valence-electron chi connectivity index (χ2n) is 6.71. The molecule has 0 aromatic heterocycles. The third kappa shape index (κ3) is 4.39. The lowest BCUT2D eigenvalue weighted by Crippen LogP contribution is -3.19. The van der Waals surface area contributed by atoms with Crippen LogP contribution in [0.5, 0.6) is 5.75 Å². The molecule has 0 radical (unpaired) electrons. The van der Waals surface area contributed by atoms with E-state index < -0.39 is 0 Å². The Morgan fingerprint density at radius 2 is 1.85 bits per heavy atom. The summed E-state index contributed by atoms with van der Waals surface area (Å²) in [7, 11) is 1.67. The van der Waals surface area contributed by atoms with Crippen molar-refractivity contribution in [1.29, 1.82) is 5.26 Å². The topological polar surface area (TPSA) is 69.8 Å². The maximum absolute atomic E-state index is 12.6. The minimum atomic E-state index is -0.172. The fourth-order valence-corrected chi connectivity index (χ4v) is 3.39. The number of rotatable bonds is 5. The zero-order valence-corrected chi connectivity index (χ0v) is 15.7. The summed E-state index contributed by atoms with van der Waals surface area (Å²) in [4.78, 5) is 16.2. The zero-order valence-electron chi connectivity index (χ0n) is 15.7. The summed E-state index contributed by atoms with van der Waals surface area (Å²) in [5.74, 6) is 0.802. The van der Waals surface area contributed by atoms with Gasteiger partial charge in [-0.1, -0.05) is 12.1 Å². The van der Waals surface area contributed by atoms with E-state index in [2.05, 4.69) is 28.4 Å². The molecule has 140 valence electrons. The molecule has 1 atom stereocenters. The Balaban J connectivity index is 1.56. The van der Waals surface area contributed by atoms with Gasteiger partial charge in [0.05, 0.1) is 44.5 Å². The largest absolute Gasteiger partial charge is 0.497 e. The van der Waals surface area contributed by atoms with Crippen LogP contribution in [0.4, 0.5) is 11.4 Å². The number of ether oxygens (including phenoxy) is 1. The van der Waals surface area contributed by atoms with Crippen molar-refractivity contribution >= 4 is 17.3 Å². The van der Waals surface area contributed by atoms with Crippen LogP contribution in [0.3, 0.4) is 0 Å². The highest BCUT2D eigenvalue weighted by atomic mass is 16.5. The van der Waals surface area contributed by atoms with E-state index in [4.69, 9.17) is 10.00 Å². The van der Waals surface area contributed by atoms with Crippen LogP contribution in [-0.4, -0.2) is 45.2 Å². The molecule has 0 saturated carbocycles. The first-order valence-electron chi connectivity index (χ1n) is 9.16. The molecule has 1 aliphatic heterocycles. The minimum absolute atomic E-state index is 0.0504. The van der Waals surface area contributed by atoms with E-state index in [1.807, 2.05) is 25.1 Å². The monoisotopic (exact) mass is 365 g/mol. The highest BCUT2D eigenvalue weighted by Crippen LogP contribution is 2.19. The highest BCUT2D eigenvalue weighted by molar-refractivity contribution is 5.94. The van der Waals surface area contributed by atoms with Crippen molar-refractivity contribution in [1.82, 2.24) is 0 Å². The number of nitriles is 1. The van der Waals surface area contributed by atoms with Gasteiger partial charge in [-0.25, -0.2) is 0 Å². The molecule has 6 heteroatoms. The Kier molecular flexibility index (Phi) is 5.94. The molecule has 2 N–H and O–H groups in total. The molecule has 2 aromatic carbocycles. The lowest BCUT2D eigenvalue weighted by atomic mass is 10.1. The molecule has 6 nitrogen and oxygen atoms in total. The second kappa shape index (κ2) is 8.56. The number of nitrogens with zero attached hydrogens (tertiary/aromatic N) is 2. The molecule has 0 bridgehead atoms. The number of quaternary nitrogens is 1. The van der Waals surface area contributed by atoms with Gasteiger partial charge in [-0.05, 0) is 43.3 Å². The summed E-state index contributed by atoms with van der Waals surface area (Å²) >= 11 is 0. The molecule has 1 aliphatic rings. The minimum Gasteiger partial charge on any atom is -0.497 e. The molecule has 27 heavy (non-hydrogen) atoms. The summed E-state index contributed by atoms with van der Waals surface area (Å²) < 4.78 is 5.21. The van der Waals surface area contributed by atoms with Gasteiger partial charge in [-0.2, -0.15) is 5.26 Å². The van der Waals surface area contributed by atoms with Crippen LogP contribution < -0.4 is 19.9 Å². The first-order valence-corrected chi connectivity index (χ1v) is 9.16. The number of methoxy groups -OCH3 is 1.